The van der Waals surface area contributed by atoms with Crippen molar-refractivity contribution in [2.75, 3.05) is 18.6 Å². The molecule has 0 amide bonds. The van der Waals surface area contributed by atoms with E-state index in [1.807, 2.05) is 52.8 Å². The number of hydrogen-bond acceptors (Lipinski definition) is 9. The second kappa shape index (κ2) is 21.7. The molecule has 322 valence electrons. The summed E-state index contributed by atoms with van der Waals surface area (Å²) in [4.78, 5) is 0.741. The Bertz CT molecular complexity index is 1720. The number of methoxy groups -OCH3 is 1. The van der Waals surface area contributed by atoms with Gasteiger partial charge in [-0.15, -0.1) is 13.2 Å². The second-order valence-corrected chi connectivity index (χ2v) is 21.7. The highest BCUT2D eigenvalue weighted by atomic mass is 32.2. The Balaban J connectivity index is 0.000000269. The minimum Gasteiger partial charge on any atom is -0.393 e. The molecule has 3 saturated heterocycles. The maximum absolute atomic E-state index is 12.9. The van der Waals surface area contributed by atoms with Crippen LogP contribution in [0.15, 0.2) is 95.8 Å². The van der Waals surface area contributed by atoms with Crippen LogP contribution in [0.25, 0.3) is 0 Å². The zero-order chi connectivity index (χ0) is 42.6. The van der Waals surface area contributed by atoms with Crippen molar-refractivity contribution in [2.24, 2.45) is 23.7 Å². The van der Waals surface area contributed by atoms with Gasteiger partial charge in [-0.2, -0.15) is 0 Å². The molecule has 11 heteroatoms. The van der Waals surface area contributed by atoms with Gasteiger partial charge in [-0.25, -0.2) is 16.8 Å². The van der Waals surface area contributed by atoms with E-state index in [0.717, 1.165) is 19.3 Å². The van der Waals surface area contributed by atoms with Crippen LogP contribution >= 0.6 is 0 Å². The molecule has 3 aliphatic heterocycles. The van der Waals surface area contributed by atoms with E-state index in [4.69, 9.17) is 18.9 Å². The van der Waals surface area contributed by atoms with E-state index in [9.17, 15) is 21.9 Å². The van der Waals surface area contributed by atoms with Crippen molar-refractivity contribution in [1.82, 2.24) is 0 Å². The van der Waals surface area contributed by atoms with Crippen molar-refractivity contribution < 1.29 is 40.9 Å². The van der Waals surface area contributed by atoms with Crippen LogP contribution in [0.1, 0.15) is 100 Å². The lowest BCUT2D eigenvalue weighted by atomic mass is 9.87. The summed E-state index contributed by atoms with van der Waals surface area (Å²) >= 11 is 0. The number of sulfone groups is 2. The lowest BCUT2D eigenvalue weighted by Crippen LogP contribution is -2.29. The quantitative estimate of drug-likeness (QED) is 0.175. The summed E-state index contributed by atoms with van der Waals surface area (Å²) in [5, 5.41) is 9.93. The highest BCUT2D eigenvalue weighted by Crippen LogP contribution is 2.42. The Morgan fingerprint density at radius 2 is 1.23 bits per heavy atom. The number of benzene rings is 2. The first-order chi connectivity index (χ1) is 26.7. The van der Waals surface area contributed by atoms with Crippen LogP contribution in [0.5, 0.6) is 0 Å². The van der Waals surface area contributed by atoms with E-state index in [0.29, 0.717) is 35.5 Å². The number of hydrogen-bond donors (Lipinski definition) is 1. The van der Waals surface area contributed by atoms with Gasteiger partial charge < -0.3 is 24.1 Å². The van der Waals surface area contributed by atoms with Crippen molar-refractivity contribution in [3.8, 4) is 0 Å². The Morgan fingerprint density at radius 3 is 1.60 bits per heavy atom. The largest absolute Gasteiger partial charge is 0.393 e. The molecule has 3 fully saturated rings. The van der Waals surface area contributed by atoms with Crippen molar-refractivity contribution in [2.45, 2.75) is 158 Å². The maximum Gasteiger partial charge on any atom is 0.178 e. The normalized spacial score (nSPS) is 29.1. The number of rotatable bonds is 15. The molecule has 0 aromatic heterocycles. The van der Waals surface area contributed by atoms with Gasteiger partial charge in [-0.1, -0.05) is 69.3 Å². The molecule has 9 nitrogen and oxygen atoms in total. The average Bonchev–Trinajstić information content (AvgIpc) is 3.76. The van der Waals surface area contributed by atoms with Crippen molar-refractivity contribution >= 4 is 19.7 Å². The van der Waals surface area contributed by atoms with Gasteiger partial charge in [0.15, 0.2) is 19.7 Å². The smallest absolute Gasteiger partial charge is 0.178 e. The molecule has 0 radical (unpaired) electrons. The molecule has 0 aliphatic carbocycles. The summed E-state index contributed by atoms with van der Waals surface area (Å²) in [5.41, 5.74) is -0.0247. The minimum atomic E-state index is -3.36. The van der Waals surface area contributed by atoms with Gasteiger partial charge in [0.2, 0.25) is 0 Å². The minimum absolute atomic E-state index is 0.0322. The molecule has 3 aliphatic rings. The number of ether oxygens (including phenoxy) is 4. The van der Waals surface area contributed by atoms with Crippen LogP contribution in [0.2, 0.25) is 0 Å². The van der Waals surface area contributed by atoms with Crippen LogP contribution in [0.4, 0.5) is 0 Å². The first kappa shape index (κ1) is 49.0. The lowest BCUT2D eigenvalue weighted by Gasteiger charge is -2.23. The summed E-state index contributed by atoms with van der Waals surface area (Å²) in [7, 11) is -5.00. The summed E-state index contributed by atoms with van der Waals surface area (Å²) in [6.45, 7) is 24.0. The predicted octanol–water partition coefficient (Wildman–Crippen LogP) is 9.05. The fourth-order valence-corrected chi connectivity index (χ4v) is 11.4. The van der Waals surface area contributed by atoms with Gasteiger partial charge in [0.1, 0.15) is 0 Å². The van der Waals surface area contributed by atoms with Crippen molar-refractivity contribution in [3.63, 3.8) is 0 Å². The fraction of sp³-hybridized carbons (Fsp3) is 0.652. The molecule has 10 atom stereocenters. The standard InChI is InChI=1S/C22H32O4S.C19H28O4S.C5H12O/c1-5-9-20-19(15-27(23,24)18-10-7-6-8-11-18)16(2)21(25-20)14-17-12-13-22(3,4)26-17;1-4-9-18-17(14(3)19(23-18)12-15(20)5-2)13-24(21,22)16-10-7-6-8-11-16;1-5(2,3)6-4/h5-8,10-11,16-17,19-21H,1,9,12-15H2,2-4H3;4,6-8,10-11,14-15,17-20H,1,5,9,12-13H2,2-3H3;1-4H3/t16-,17-,19-,20+,21-;14-,15-,17-,18+,19-;/m11./s1. The topological polar surface area (TPSA) is 125 Å². The highest BCUT2D eigenvalue weighted by Gasteiger charge is 2.46. The van der Waals surface area contributed by atoms with E-state index < -0.39 is 25.8 Å². The van der Waals surface area contributed by atoms with Crippen LogP contribution in [0, 0.1) is 23.7 Å². The Hall–Kier alpha value is -2.38. The number of aliphatic hydroxyl groups excluding tert-OH is 1. The molecule has 0 bridgehead atoms. The second-order valence-electron chi connectivity index (χ2n) is 17.6. The molecule has 0 saturated carbocycles. The highest BCUT2D eigenvalue weighted by molar-refractivity contribution is 7.91. The Labute approximate surface area is 345 Å². The molecule has 2 aromatic carbocycles. The molecule has 57 heavy (non-hydrogen) atoms. The van der Waals surface area contributed by atoms with E-state index in [1.165, 1.54) is 0 Å². The third kappa shape index (κ3) is 15.0. The summed E-state index contributed by atoms with van der Waals surface area (Å²) < 4.78 is 74.8. The third-order valence-corrected chi connectivity index (χ3v) is 15.3. The summed E-state index contributed by atoms with van der Waals surface area (Å²) in [6, 6.07) is 17.3. The van der Waals surface area contributed by atoms with Crippen LogP contribution in [-0.2, 0) is 38.6 Å². The monoisotopic (exact) mass is 832 g/mol. The molecule has 0 spiro atoms. The van der Waals surface area contributed by atoms with Crippen LogP contribution < -0.4 is 0 Å². The van der Waals surface area contributed by atoms with Crippen molar-refractivity contribution in [3.05, 3.63) is 86.0 Å². The Morgan fingerprint density at radius 1 is 0.807 bits per heavy atom. The van der Waals surface area contributed by atoms with Gasteiger partial charge in [0.05, 0.1) is 69.1 Å². The summed E-state index contributed by atoms with van der Waals surface area (Å²) in [5.74, 6) is 0.296. The molecular formula is C46H72O9S2. The molecule has 5 rings (SSSR count). The van der Waals surface area contributed by atoms with Gasteiger partial charge in [0.25, 0.3) is 0 Å². The van der Waals surface area contributed by atoms with Gasteiger partial charge >= 0.3 is 0 Å². The van der Waals surface area contributed by atoms with Crippen LogP contribution in [0.3, 0.4) is 0 Å². The molecule has 3 heterocycles. The van der Waals surface area contributed by atoms with Gasteiger partial charge in [-0.3, -0.25) is 0 Å². The third-order valence-electron chi connectivity index (χ3n) is 11.6. The number of aliphatic hydroxyl groups is 1. The van der Waals surface area contributed by atoms with Crippen LogP contribution in [-0.4, -0.2) is 88.4 Å². The van der Waals surface area contributed by atoms with Gasteiger partial charge in [0, 0.05) is 25.4 Å². The van der Waals surface area contributed by atoms with Crippen molar-refractivity contribution in [1.29, 1.82) is 0 Å². The average molecular weight is 833 g/mol. The van der Waals surface area contributed by atoms with E-state index in [-0.39, 0.29) is 76.9 Å². The lowest BCUT2D eigenvalue weighted by molar-refractivity contribution is -0.0511. The van der Waals surface area contributed by atoms with Gasteiger partial charge in [-0.05, 0) is 109 Å². The van der Waals surface area contributed by atoms with E-state index >= 15 is 0 Å². The zero-order valence-corrected chi connectivity index (χ0v) is 37.6. The SMILES string of the molecule is C=CC[C@@H]1O[C@H](C[C@H](O)CC)[C@H](C)[C@H]1CS(=O)(=O)c1ccccc1.C=CC[C@@H]1O[C@H](C[C@H]2CCC(C)(C)O2)[C@H](C)[C@H]1CS(=O)(=O)c1ccccc1.COC(C)(C)C. The molecular weight excluding hydrogens is 761 g/mol. The Kier molecular flexibility index (Phi) is 18.7. The first-order valence-electron chi connectivity index (χ1n) is 20.7. The maximum atomic E-state index is 12.9. The molecule has 1 N–H and O–H groups in total. The zero-order valence-electron chi connectivity index (χ0n) is 36.0. The summed E-state index contributed by atoms with van der Waals surface area (Å²) in [6.07, 6.45) is 8.50. The first-order valence-corrected chi connectivity index (χ1v) is 24.0. The molecule has 0 unspecified atom stereocenters. The fourth-order valence-electron chi connectivity index (χ4n) is 7.87. The van der Waals surface area contributed by atoms with E-state index in [1.54, 1.807) is 61.7 Å². The molecule has 2 aromatic rings. The van der Waals surface area contributed by atoms with E-state index in [2.05, 4.69) is 33.9 Å². The predicted molar refractivity (Wildman–Crippen MR) is 230 cm³/mol.